The van der Waals surface area contributed by atoms with Crippen LogP contribution in [0.4, 0.5) is 0 Å². The summed E-state index contributed by atoms with van der Waals surface area (Å²) in [4.78, 5) is 20.7. The number of carbonyl (C=O) groups excluding carboxylic acids is 1. The molecule has 0 aliphatic heterocycles. The minimum atomic E-state index is -0.696. The normalized spacial score (nSPS) is 12.1. The third-order valence-corrected chi connectivity index (χ3v) is 4.73. The molecule has 0 aromatic carbocycles. The molecule has 134 valence electrons. The molecule has 2 atom stereocenters. The van der Waals surface area contributed by atoms with Crippen LogP contribution in [0.15, 0.2) is 0 Å². The second-order valence-corrected chi connectivity index (χ2v) is 6.49. The molecular formula is C14H25Br2ClI2O3. The summed E-state index contributed by atoms with van der Waals surface area (Å²) in [5.74, 6) is 0.0374. The van der Waals surface area contributed by atoms with Crippen LogP contribution >= 0.6 is 80.7 Å². The van der Waals surface area contributed by atoms with Crippen molar-refractivity contribution in [3.8, 4) is 0 Å². The molecule has 0 aliphatic rings. The van der Waals surface area contributed by atoms with E-state index in [9.17, 15) is 9.59 Å². The van der Waals surface area contributed by atoms with E-state index in [1.165, 1.54) is 0 Å². The number of carbonyl (C=O) groups is 2. The number of aliphatic carboxylic acids is 1. The van der Waals surface area contributed by atoms with Crippen molar-refractivity contribution >= 4 is 91.9 Å². The molecule has 1 N–H and O–H groups in total. The molecule has 0 aromatic heterocycles. The number of carboxylic acids is 1. The van der Waals surface area contributed by atoms with Gasteiger partial charge in [0.2, 0.25) is 5.24 Å². The topological polar surface area (TPSA) is 54.4 Å². The minimum absolute atomic E-state index is 0.224. The van der Waals surface area contributed by atoms with Crippen molar-refractivity contribution in [3.63, 3.8) is 0 Å². The fourth-order valence-electron chi connectivity index (χ4n) is 1.76. The van der Waals surface area contributed by atoms with Gasteiger partial charge in [0, 0.05) is 60.7 Å². The Morgan fingerprint density at radius 2 is 1.36 bits per heavy atom. The Labute approximate surface area is 179 Å². The second kappa shape index (κ2) is 22.9. The van der Waals surface area contributed by atoms with Crippen LogP contribution in [0.3, 0.4) is 0 Å². The molecule has 0 rings (SSSR count). The van der Waals surface area contributed by atoms with Gasteiger partial charge in [0.05, 0.1) is 0 Å². The molecule has 0 radical (unpaired) electrons. The summed E-state index contributed by atoms with van der Waals surface area (Å²) in [6.07, 6.45) is 5.03. The maximum absolute atomic E-state index is 10.4. The average molecular weight is 690 g/mol. The summed E-state index contributed by atoms with van der Waals surface area (Å²) in [6, 6.07) is 0. The predicted molar refractivity (Wildman–Crippen MR) is 120 cm³/mol. The van der Waals surface area contributed by atoms with Gasteiger partial charge in [-0.15, -0.1) is 0 Å². The van der Waals surface area contributed by atoms with E-state index in [0.29, 0.717) is 24.7 Å². The molecule has 3 nitrogen and oxygen atoms in total. The number of halogens is 5. The molecule has 0 unspecified atom stereocenters. The average Bonchev–Trinajstić information content (AvgIpc) is 2.48. The molecule has 0 spiro atoms. The van der Waals surface area contributed by atoms with E-state index in [0.717, 1.165) is 36.3 Å². The molecule has 0 saturated heterocycles. The summed E-state index contributed by atoms with van der Waals surface area (Å²) in [7, 11) is 0. The lowest BCUT2D eigenvalue weighted by molar-refractivity contribution is -0.138. The highest BCUT2D eigenvalue weighted by Gasteiger charge is 2.10. The first kappa shape index (κ1) is 28.6. The van der Waals surface area contributed by atoms with Gasteiger partial charge in [-0.05, 0) is 36.3 Å². The molecule has 0 saturated carbocycles. The standard InChI is InChI=1S/C7H12BrClO.C7H13BrO2.I2/c2*1-2-3-6(5-8)4-7(9)10;1-2/h6H,2-5H2,1H3;6H,2-5H2,1H3,(H,9,10);/t2*6-;/m11./s1. The molecule has 0 aliphatic carbocycles. The maximum atomic E-state index is 10.4. The zero-order valence-corrected chi connectivity index (χ0v) is 21.2. The van der Waals surface area contributed by atoms with Crippen molar-refractivity contribution in [2.45, 2.75) is 52.4 Å². The van der Waals surface area contributed by atoms with E-state index >= 15 is 0 Å². The van der Waals surface area contributed by atoms with Gasteiger partial charge in [0.15, 0.2) is 0 Å². The lowest BCUT2D eigenvalue weighted by Gasteiger charge is -2.08. The molecule has 0 aromatic rings. The van der Waals surface area contributed by atoms with Gasteiger partial charge in [0.1, 0.15) is 0 Å². The molecule has 0 bridgehead atoms. The maximum Gasteiger partial charge on any atom is 0.303 e. The van der Waals surface area contributed by atoms with Crippen molar-refractivity contribution in [2.75, 3.05) is 10.7 Å². The van der Waals surface area contributed by atoms with Gasteiger partial charge < -0.3 is 5.11 Å². The van der Waals surface area contributed by atoms with Crippen LogP contribution in [0.1, 0.15) is 52.4 Å². The van der Waals surface area contributed by atoms with Crippen molar-refractivity contribution in [1.82, 2.24) is 0 Å². The van der Waals surface area contributed by atoms with E-state index in [4.69, 9.17) is 16.7 Å². The van der Waals surface area contributed by atoms with Crippen LogP contribution in [-0.4, -0.2) is 27.0 Å². The Balaban J connectivity index is -0.000000294. The smallest absolute Gasteiger partial charge is 0.303 e. The quantitative estimate of drug-likeness (QED) is 0.153. The second-order valence-electron chi connectivity index (χ2n) is 4.78. The molecule has 0 fully saturated rings. The van der Waals surface area contributed by atoms with Crippen LogP contribution in [0, 0.1) is 11.8 Å². The van der Waals surface area contributed by atoms with Gasteiger partial charge in [-0.25, -0.2) is 0 Å². The lowest BCUT2D eigenvalue weighted by Crippen LogP contribution is -2.08. The number of hydrogen-bond donors (Lipinski definition) is 1. The Morgan fingerprint density at radius 3 is 1.59 bits per heavy atom. The van der Waals surface area contributed by atoms with Crippen LogP contribution in [0.5, 0.6) is 0 Å². The highest BCUT2D eigenvalue weighted by atomic mass is 128. The molecule has 0 heterocycles. The molecule has 0 amide bonds. The fraction of sp³-hybridized carbons (Fsp3) is 0.857. The molecular weight excluding hydrogens is 665 g/mol. The molecule has 22 heavy (non-hydrogen) atoms. The summed E-state index contributed by atoms with van der Waals surface area (Å²) in [6.45, 7) is 4.17. The van der Waals surface area contributed by atoms with Crippen molar-refractivity contribution in [1.29, 1.82) is 0 Å². The Bertz CT molecular complexity index is 246. The van der Waals surface area contributed by atoms with Gasteiger partial charge in [-0.3, -0.25) is 9.59 Å². The monoisotopic (exact) mass is 688 g/mol. The highest BCUT2D eigenvalue weighted by Crippen LogP contribution is 2.15. The highest BCUT2D eigenvalue weighted by molar-refractivity contribution is 15.0. The van der Waals surface area contributed by atoms with E-state index in [2.05, 4.69) is 82.9 Å². The van der Waals surface area contributed by atoms with Gasteiger partial charge >= 0.3 is 5.97 Å². The number of hydrogen-bond acceptors (Lipinski definition) is 2. The van der Waals surface area contributed by atoms with Crippen molar-refractivity contribution in [2.24, 2.45) is 11.8 Å². The predicted octanol–water partition coefficient (Wildman–Crippen LogP) is 7.00. The summed E-state index contributed by atoms with van der Waals surface area (Å²) in [5.41, 5.74) is 0. The van der Waals surface area contributed by atoms with Crippen LogP contribution < -0.4 is 0 Å². The van der Waals surface area contributed by atoms with Crippen LogP contribution in [-0.2, 0) is 9.59 Å². The first-order valence-corrected chi connectivity index (χ1v) is 16.0. The van der Waals surface area contributed by atoms with Gasteiger partial charge in [-0.1, -0.05) is 58.5 Å². The van der Waals surface area contributed by atoms with E-state index < -0.39 is 5.97 Å². The van der Waals surface area contributed by atoms with Crippen molar-refractivity contribution < 1.29 is 14.7 Å². The van der Waals surface area contributed by atoms with Crippen LogP contribution in [0.2, 0.25) is 0 Å². The van der Waals surface area contributed by atoms with Gasteiger partial charge in [0.25, 0.3) is 0 Å². The third-order valence-electron chi connectivity index (χ3n) is 2.74. The molecule has 8 heteroatoms. The van der Waals surface area contributed by atoms with Crippen LogP contribution in [0.25, 0.3) is 0 Å². The lowest BCUT2D eigenvalue weighted by atomic mass is 10.0. The van der Waals surface area contributed by atoms with Crippen molar-refractivity contribution in [3.05, 3.63) is 0 Å². The Hall–Kier alpha value is 1.85. The SMILES string of the molecule is CCC[C@@H](CBr)CC(=O)Cl.CCC[C@@H](CBr)CC(=O)O.II. The number of carboxylic acid groups (broad SMARTS) is 1. The zero-order valence-electron chi connectivity index (χ0n) is 13.0. The number of rotatable bonds is 10. The minimum Gasteiger partial charge on any atom is -0.481 e. The van der Waals surface area contributed by atoms with E-state index in [1.54, 1.807) is 0 Å². The van der Waals surface area contributed by atoms with Gasteiger partial charge in [-0.2, -0.15) is 0 Å². The third kappa shape index (κ3) is 24.1. The summed E-state index contributed by atoms with van der Waals surface area (Å²) >= 11 is 16.1. The number of alkyl halides is 2. The summed E-state index contributed by atoms with van der Waals surface area (Å²) < 4.78 is 0. The Kier molecular flexibility index (Phi) is 29.8. The van der Waals surface area contributed by atoms with E-state index in [1.807, 2.05) is 0 Å². The zero-order chi connectivity index (χ0) is 18.0. The largest absolute Gasteiger partial charge is 0.481 e. The first-order valence-electron chi connectivity index (χ1n) is 7.07. The first-order chi connectivity index (χ1) is 10.4. The fourth-order valence-corrected chi connectivity index (χ4v) is 3.08. The van der Waals surface area contributed by atoms with E-state index in [-0.39, 0.29) is 5.24 Å². The Morgan fingerprint density at radius 1 is 1.00 bits per heavy atom. The summed E-state index contributed by atoms with van der Waals surface area (Å²) in [5, 5.41) is 9.87.